The zero-order valence-electron chi connectivity index (χ0n) is 20.4. The molecule has 2 atom stereocenters. The number of benzene rings is 2. The highest BCUT2D eigenvalue weighted by Crippen LogP contribution is 2.30. The smallest absolute Gasteiger partial charge is 0.261 e. The molecule has 8 nitrogen and oxygen atoms in total. The molecule has 0 radical (unpaired) electrons. The Bertz CT molecular complexity index is 1370. The largest absolute Gasteiger partial charge is 0.326 e. The summed E-state index contributed by atoms with van der Waals surface area (Å²) in [7, 11) is -3.59. The van der Waals surface area contributed by atoms with Gasteiger partial charge in [-0.3, -0.25) is 14.2 Å². The van der Waals surface area contributed by atoms with Crippen molar-refractivity contribution in [2.24, 2.45) is 0 Å². The predicted molar refractivity (Wildman–Crippen MR) is 137 cm³/mol. The number of piperidine rings is 1. The van der Waals surface area contributed by atoms with Crippen LogP contribution in [0.2, 0.25) is 0 Å². The summed E-state index contributed by atoms with van der Waals surface area (Å²) < 4.78 is 29.4. The summed E-state index contributed by atoms with van der Waals surface area (Å²) in [6.45, 7) is 6.20. The number of aromatic nitrogens is 2. The van der Waals surface area contributed by atoms with E-state index in [1.165, 1.54) is 10.9 Å². The lowest BCUT2D eigenvalue weighted by molar-refractivity contribution is -0.116. The number of hydrogen-bond donors (Lipinski definition) is 1. The minimum Gasteiger partial charge on any atom is -0.326 e. The van der Waals surface area contributed by atoms with E-state index in [-0.39, 0.29) is 34.9 Å². The van der Waals surface area contributed by atoms with Gasteiger partial charge in [-0.1, -0.05) is 18.6 Å². The number of amides is 1. The molecule has 9 heteroatoms. The molecule has 0 aliphatic carbocycles. The Morgan fingerprint density at radius 1 is 1.09 bits per heavy atom. The molecule has 35 heavy (non-hydrogen) atoms. The molecule has 2 heterocycles. The highest BCUT2D eigenvalue weighted by atomic mass is 32.2. The van der Waals surface area contributed by atoms with E-state index in [2.05, 4.69) is 10.3 Å². The molecule has 1 fully saturated rings. The van der Waals surface area contributed by atoms with Crippen LogP contribution < -0.4 is 10.9 Å². The number of fused-ring (bicyclic) bond motifs is 1. The summed E-state index contributed by atoms with van der Waals surface area (Å²) in [6.07, 6.45) is 4.98. The van der Waals surface area contributed by atoms with E-state index in [1.54, 1.807) is 34.6 Å². The van der Waals surface area contributed by atoms with E-state index in [9.17, 15) is 18.0 Å². The maximum absolute atomic E-state index is 13.2. The third kappa shape index (κ3) is 5.31. The van der Waals surface area contributed by atoms with Crippen LogP contribution >= 0.6 is 0 Å². The number of hydrogen-bond acceptors (Lipinski definition) is 5. The van der Waals surface area contributed by atoms with E-state index in [4.69, 9.17) is 0 Å². The Hall–Kier alpha value is -3.04. The van der Waals surface area contributed by atoms with Crippen molar-refractivity contribution in [3.63, 3.8) is 0 Å². The van der Waals surface area contributed by atoms with E-state index in [1.807, 2.05) is 32.9 Å². The van der Waals surface area contributed by atoms with Gasteiger partial charge in [-0.25, -0.2) is 13.4 Å². The first-order chi connectivity index (χ1) is 16.7. The fourth-order valence-electron chi connectivity index (χ4n) is 4.83. The lowest BCUT2D eigenvalue weighted by Crippen LogP contribution is -2.47. The number of carbonyl (C=O) groups excluding carboxylic acids is 1. The summed E-state index contributed by atoms with van der Waals surface area (Å²) in [5.74, 6) is -0.198. The van der Waals surface area contributed by atoms with Gasteiger partial charge in [-0.2, -0.15) is 4.31 Å². The molecule has 1 amide bonds. The lowest BCUT2D eigenvalue weighted by Gasteiger charge is -2.37. The minimum absolute atomic E-state index is 0.0301. The summed E-state index contributed by atoms with van der Waals surface area (Å²) in [4.78, 5) is 29.7. The van der Waals surface area contributed by atoms with E-state index >= 15 is 0 Å². The Balaban J connectivity index is 1.35. The van der Waals surface area contributed by atoms with Crippen molar-refractivity contribution >= 4 is 32.5 Å². The number of sulfonamides is 1. The maximum Gasteiger partial charge on any atom is 0.261 e. The van der Waals surface area contributed by atoms with Gasteiger partial charge < -0.3 is 5.32 Å². The molecule has 1 aliphatic heterocycles. The molecular weight excluding hydrogens is 464 g/mol. The van der Waals surface area contributed by atoms with Gasteiger partial charge in [0.05, 0.1) is 22.1 Å². The standard InChI is InChI=1S/C26H32N4O4S/c1-18-7-4-10-23-25(18)27-17-29(26(23)32)16-6-11-24(31)28-21-12-14-22(15-13-21)35(33,34)30-19(2)8-5-9-20(30)3/h4,7,10,12-15,17,19-20H,5-6,8-9,11,16H2,1-3H3,(H,28,31). The third-order valence-electron chi connectivity index (χ3n) is 6.68. The molecule has 1 saturated heterocycles. The van der Waals surface area contributed by atoms with Gasteiger partial charge in [-0.05, 0) is 75.9 Å². The second-order valence-electron chi connectivity index (χ2n) is 9.35. The van der Waals surface area contributed by atoms with Crippen LogP contribution in [-0.4, -0.2) is 40.3 Å². The number of para-hydroxylation sites is 1. The number of nitrogens with one attached hydrogen (secondary N) is 1. The van der Waals surface area contributed by atoms with Crippen LogP contribution in [0.25, 0.3) is 10.9 Å². The van der Waals surface area contributed by atoms with Crippen LogP contribution in [-0.2, 0) is 21.4 Å². The highest BCUT2D eigenvalue weighted by Gasteiger charge is 2.35. The second-order valence-corrected chi connectivity index (χ2v) is 11.2. The van der Waals surface area contributed by atoms with Gasteiger partial charge in [-0.15, -0.1) is 0 Å². The number of nitrogens with zero attached hydrogens (tertiary/aromatic N) is 3. The summed E-state index contributed by atoms with van der Waals surface area (Å²) in [5.41, 5.74) is 2.06. The Labute approximate surface area is 206 Å². The number of carbonyl (C=O) groups is 1. The lowest BCUT2D eigenvalue weighted by atomic mass is 10.0. The van der Waals surface area contributed by atoms with Crippen LogP contribution in [0.4, 0.5) is 5.69 Å². The van der Waals surface area contributed by atoms with Crippen molar-refractivity contribution in [1.29, 1.82) is 0 Å². The van der Waals surface area contributed by atoms with Crippen LogP contribution in [0.5, 0.6) is 0 Å². The molecule has 0 spiro atoms. The first-order valence-corrected chi connectivity index (χ1v) is 13.5. The van der Waals surface area contributed by atoms with Crippen molar-refractivity contribution in [3.8, 4) is 0 Å². The van der Waals surface area contributed by atoms with Gasteiger partial charge in [0.15, 0.2) is 0 Å². The zero-order chi connectivity index (χ0) is 25.2. The molecule has 0 bridgehead atoms. The monoisotopic (exact) mass is 496 g/mol. The van der Waals surface area contributed by atoms with Crippen LogP contribution in [0.1, 0.15) is 51.5 Å². The fourth-order valence-corrected chi connectivity index (χ4v) is 6.72. The minimum atomic E-state index is -3.59. The van der Waals surface area contributed by atoms with Crippen molar-refractivity contribution in [2.45, 2.75) is 76.4 Å². The van der Waals surface area contributed by atoms with Crippen LogP contribution in [0.3, 0.4) is 0 Å². The molecule has 1 aliphatic rings. The molecule has 0 saturated carbocycles. The quantitative estimate of drug-likeness (QED) is 0.531. The van der Waals surface area contributed by atoms with E-state index < -0.39 is 10.0 Å². The molecule has 4 rings (SSSR count). The first kappa shape index (κ1) is 25.1. The van der Waals surface area contributed by atoms with E-state index in [0.29, 0.717) is 29.6 Å². The molecule has 2 unspecified atom stereocenters. The fraction of sp³-hybridized carbons (Fsp3) is 0.423. The summed E-state index contributed by atoms with van der Waals surface area (Å²) in [5, 5.41) is 3.38. The number of rotatable bonds is 7. The van der Waals surface area contributed by atoms with Crippen molar-refractivity contribution in [3.05, 3.63) is 64.7 Å². The summed E-state index contributed by atoms with van der Waals surface area (Å²) in [6, 6.07) is 11.8. The predicted octanol–water partition coefficient (Wildman–Crippen LogP) is 4.08. The van der Waals surface area contributed by atoms with Crippen molar-refractivity contribution in [2.75, 3.05) is 5.32 Å². The summed E-state index contributed by atoms with van der Waals surface area (Å²) >= 11 is 0. The van der Waals surface area contributed by atoms with Gasteiger partial charge in [0.2, 0.25) is 15.9 Å². The molecule has 186 valence electrons. The first-order valence-electron chi connectivity index (χ1n) is 12.1. The third-order valence-corrected chi connectivity index (χ3v) is 8.83. The average Bonchev–Trinajstić information content (AvgIpc) is 2.81. The highest BCUT2D eigenvalue weighted by molar-refractivity contribution is 7.89. The molecule has 1 aromatic heterocycles. The van der Waals surface area contributed by atoms with Crippen LogP contribution in [0, 0.1) is 6.92 Å². The average molecular weight is 497 g/mol. The van der Waals surface area contributed by atoms with Crippen molar-refractivity contribution < 1.29 is 13.2 Å². The van der Waals surface area contributed by atoms with E-state index in [0.717, 1.165) is 24.8 Å². The Morgan fingerprint density at radius 3 is 2.46 bits per heavy atom. The van der Waals surface area contributed by atoms with Gasteiger partial charge in [0.25, 0.3) is 5.56 Å². The zero-order valence-corrected chi connectivity index (χ0v) is 21.2. The Kier molecular flexibility index (Phi) is 7.37. The van der Waals surface area contributed by atoms with Gasteiger partial charge >= 0.3 is 0 Å². The normalized spacial score (nSPS) is 19.1. The number of aryl methyl sites for hydroxylation is 2. The molecular formula is C26H32N4O4S. The van der Waals surface area contributed by atoms with Crippen LogP contribution in [0.15, 0.2) is 58.5 Å². The molecule has 2 aromatic carbocycles. The van der Waals surface area contributed by atoms with Gasteiger partial charge in [0, 0.05) is 30.7 Å². The second kappa shape index (κ2) is 10.3. The molecule has 1 N–H and O–H groups in total. The van der Waals surface area contributed by atoms with Crippen molar-refractivity contribution in [1.82, 2.24) is 13.9 Å². The topological polar surface area (TPSA) is 101 Å². The molecule has 3 aromatic rings. The Morgan fingerprint density at radius 2 is 1.77 bits per heavy atom. The number of anilines is 1. The van der Waals surface area contributed by atoms with Gasteiger partial charge in [0.1, 0.15) is 0 Å². The SMILES string of the molecule is Cc1cccc2c(=O)n(CCCC(=O)Nc3ccc(S(=O)(=O)N4C(C)CCCC4C)cc3)cnc12. The maximum atomic E-state index is 13.2.